The molecule has 0 unspecified atom stereocenters. The monoisotopic (exact) mass is 256 g/mol. The van der Waals surface area contributed by atoms with E-state index in [1.54, 1.807) is 37.4 Å². The number of benzene rings is 1. The second-order valence-electron chi connectivity index (χ2n) is 4.18. The lowest BCUT2D eigenvalue weighted by Crippen LogP contribution is -2.07. The zero-order chi connectivity index (χ0) is 13.8. The number of nitrogens with zero attached hydrogens (tertiary/aromatic N) is 2. The molecule has 0 saturated carbocycles. The van der Waals surface area contributed by atoms with E-state index in [9.17, 15) is 14.9 Å². The molecule has 96 valence electrons. The van der Waals surface area contributed by atoms with Gasteiger partial charge in [0, 0.05) is 29.6 Å². The zero-order valence-corrected chi connectivity index (χ0v) is 10.4. The summed E-state index contributed by atoms with van der Waals surface area (Å²) in [6.45, 7) is 1.76. The summed E-state index contributed by atoms with van der Waals surface area (Å²) in [6.07, 6.45) is 1.76. The summed E-state index contributed by atoms with van der Waals surface area (Å²) in [5.74, 6) is -0.167. The number of non-ortho nitro benzene ring substituents is 1. The maximum Gasteiger partial charge on any atom is 0.270 e. The predicted molar refractivity (Wildman–Crippen MR) is 70.1 cm³/mol. The van der Waals surface area contributed by atoms with E-state index in [0.29, 0.717) is 11.3 Å². The lowest BCUT2D eigenvalue weighted by atomic mass is 10.0. The van der Waals surface area contributed by atoms with Gasteiger partial charge in [0.1, 0.15) is 0 Å². The largest absolute Gasteiger partial charge is 0.294 e. The van der Waals surface area contributed by atoms with Crippen LogP contribution in [0.2, 0.25) is 0 Å². The van der Waals surface area contributed by atoms with Crippen LogP contribution in [-0.4, -0.2) is 15.7 Å². The van der Waals surface area contributed by atoms with Crippen LogP contribution < -0.4 is 0 Å². The Balaban J connectivity index is 2.28. The Morgan fingerprint density at radius 2 is 2.11 bits per heavy atom. The number of aromatic nitrogens is 1. The lowest BCUT2D eigenvalue weighted by Gasteiger charge is -2.04. The van der Waals surface area contributed by atoms with Crippen molar-refractivity contribution in [3.63, 3.8) is 0 Å². The van der Waals surface area contributed by atoms with Gasteiger partial charge in [-0.15, -0.1) is 0 Å². The average Bonchev–Trinajstić information content (AvgIpc) is 2.40. The third kappa shape index (κ3) is 3.01. The Morgan fingerprint density at radius 3 is 2.74 bits per heavy atom. The summed E-state index contributed by atoms with van der Waals surface area (Å²) in [6, 6.07) is 9.63. The molecular weight excluding hydrogens is 244 g/mol. The molecular formula is C14H12N2O3. The number of nitro benzene ring substituents is 1. The molecule has 0 aliphatic carbocycles. The van der Waals surface area contributed by atoms with Crippen LogP contribution in [0.3, 0.4) is 0 Å². The second kappa shape index (κ2) is 5.39. The third-order valence-electron chi connectivity index (χ3n) is 2.80. The van der Waals surface area contributed by atoms with E-state index in [4.69, 9.17) is 0 Å². The number of hydrogen-bond acceptors (Lipinski definition) is 4. The zero-order valence-electron chi connectivity index (χ0n) is 10.4. The Morgan fingerprint density at radius 1 is 1.32 bits per heavy atom. The quantitative estimate of drug-likeness (QED) is 0.479. The van der Waals surface area contributed by atoms with Gasteiger partial charge in [0.15, 0.2) is 5.78 Å². The third-order valence-corrected chi connectivity index (χ3v) is 2.80. The van der Waals surface area contributed by atoms with Crippen molar-refractivity contribution in [1.82, 2.24) is 4.98 Å². The van der Waals surface area contributed by atoms with Crippen LogP contribution in [-0.2, 0) is 6.42 Å². The fourth-order valence-corrected chi connectivity index (χ4v) is 1.79. The standard InChI is InChI=1S/C14H12N2O3/c1-10-5-6-12(16(18)19)9-13(10)14(17)8-11-4-2-3-7-15-11/h2-7,9H,8H2,1H3. The van der Waals surface area contributed by atoms with Gasteiger partial charge in [0.2, 0.25) is 0 Å². The minimum absolute atomic E-state index is 0.0741. The van der Waals surface area contributed by atoms with Gasteiger partial charge in [-0.1, -0.05) is 12.1 Å². The molecule has 0 fully saturated rings. The molecule has 0 spiro atoms. The summed E-state index contributed by atoms with van der Waals surface area (Å²) < 4.78 is 0. The predicted octanol–water partition coefficient (Wildman–Crippen LogP) is 2.72. The van der Waals surface area contributed by atoms with Crippen LogP contribution in [0, 0.1) is 17.0 Å². The van der Waals surface area contributed by atoms with E-state index in [1.807, 2.05) is 0 Å². The average molecular weight is 256 g/mol. The van der Waals surface area contributed by atoms with E-state index in [1.165, 1.54) is 12.1 Å². The number of carbonyl (C=O) groups is 1. The molecule has 0 radical (unpaired) electrons. The van der Waals surface area contributed by atoms with Crippen LogP contribution >= 0.6 is 0 Å². The number of carbonyl (C=O) groups excluding carboxylic acids is 1. The van der Waals surface area contributed by atoms with Crippen molar-refractivity contribution in [3.8, 4) is 0 Å². The second-order valence-corrected chi connectivity index (χ2v) is 4.18. The minimum Gasteiger partial charge on any atom is -0.294 e. The van der Waals surface area contributed by atoms with Crippen molar-refractivity contribution in [3.05, 3.63) is 69.5 Å². The molecule has 1 heterocycles. The molecule has 1 aromatic carbocycles. The number of aryl methyl sites for hydroxylation is 1. The van der Waals surface area contributed by atoms with Gasteiger partial charge >= 0.3 is 0 Å². The van der Waals surface area contributed by atoms with E-state index >= 15 is 0 Å². The topological polar surface area (TPSA) is 73.1 Å². The van der Waals surface area contributed by atoms with Crippen LogP contribution in [0.4, 0.5) is 5.69 Å². The molecule has 0 atom stereocenters. The minimum atomic E-state index is -0.503. The van der Waals surface area contributed by atoms with E-state index in [-0.39, 0.29) is 17.9 Å². The first kappa shape index (κ1) is 12.9. The molecule has 0 aliphatic rings. The first-order valence-corrected chi connectivity index (χ1v) is 5.76. The van der Waals surface area contributed by atoms with Gasteiger partial charge in [0.05, 0.1) is 11.3 Å². The molecule has 2 aromatic rings. The molecule has 0 N–H and O–H groups in total. The number of ketones is 1. The van der Waals surface area contributed by atoms with Gasteiger partial charge in [0.25, 0.3) is 5.69 Å². The van der Waals surface area contributed by atoms with E-state index < -0.39 is 4.92 Å². The number of hydrogen-bond donors (Lipinski definition) is 0. The van der Waals surface area contributed by atoms with Gasteiger partial charge in [-0.05, 0) is 24.6 Å². The van der Waals surface area contributed by atoms with E-state index in [0.717, 1.165) is 5.56 Å². The van der Waals surface area contributed by atoms with Gasteiger partial charge < -0.3 is 0 Å². The molecule has 5 heteroatoms. The van der Waals surface area contributed by atoms with Crippen molar-refractivity contribution >= 4 is 11.5 Å². The highest BCUT2D eigenvalue weighted by Gasteiger charge is 2.15. The van der Waals surface area contributed by atoms with Crippen molar-refractivity contribution in [2.24, 2.45) is 0 Å². The number of pyridine rings is 1. The van der Waals surface area contributed by atoms with Crippen LogP contribution in [0.15, 0.2) is 42.6 Å². The number of Topliss-reactive ketones (excluding diaryl/α,β-unsaturated/α-hetero) is 1. The van der Waals surface area contributed by atoms with Gasteiger partial charge in [-0.25, -0.2) is 0 Å². The summed E-state index contributed by atoms with van der Waals surface area (Å²) in [5.41, 5.74) is 1.68. The lowest BCUT2D eigenvalue weighted by molar-refractivity contribution is -0.384. The number of rotatable bonds is 4. The smallest absolute Gasteiger partial charge is 0.270 e. The highest BCUT2D eigenvalue weighted by molar-refractivity contribution is 5.99. The summed E-state index contributed by atoms with van der Waals surface area (Å²) in [4.78, 5) is 26.4. The normalized spacial score (nSPS) is 10.2. The molecule has 0 amide bonds. The van der Waals surface area contributed by atoms with E-state index in [2.05, 4.69) is 4.98 Å². The van der Waals surface area contributed by atoms with Gasteiger partial charge in [-0.2, -0.15) is 0 Å². The van der Waals surface area contributed by atoms with Crippen LogP contribution in [0.5, 0.6) is 0 Å². The maximum absolute atomic E-state index is 12.1. The highest BCUT2D eigenvalue weighted by atomic mass is 16.6. The van der Waals surface area contributed by atoms with Crippen molar-refractivity contribution in [1.29, 1.82) is 0 Å². The molecule has 2 rings (SSSR count). The number of nitro groups is 1. The van der Waals surface area contributed by atoms with Crippen molar-refractivity contribution in [2.45, 2.75) is 13.3 Å². The Kier molecular flexibility index (Phi) is 3.66. The van der Waals surface area contributed by atoms with Crippen LogP contribution in [0.1, 0.15) is 21.6 Å². The fourth-order valence-electron chi connectivity index (χ4n) is 1.79. The molecule has 0 bridgehead atoms. The summed E-state index contributed by atoms with van der Waals surface area (Å²) in [5, 5.41) is 10.7. The first-order chi connectivity index (χ1) is 9.08. The molecule has 5 nitrogen and oxygen atoms in total. The molecule has 0 saturated heterocycles. The first-order valence-electron chi connectivity index (χ1n) is 5.76. The van der Waals surface area contributed by atoms with Crippen molar-refractivity contribution in [2.75, 3.05) is 0 Å². The maximum atomic E-state index is 12.1. The Labute approximate surface area is 110 Å². The Bertz CT molecular complexity index is 624. The fraction of sp³-hybridized carbons (Fsp3) is 0.143. The SMILES string of the molecule is Cc1ccc([N+](=O)[O-])cc1C(=O)Cc1ccccn1. The molecule has 19 heavy (non-hydrogen) atoms. The Hall–Kier alpha value is -2.56. The summed E-state index contributed by atoms with van der Waals surface area (Å²) in [7, 11) is 0. The van der Waals surface area contributed by atoms with Crippen LogP contribution in [0.25, 0.3) is 0 Å². The summed E-state index contributed by atoms with van der Waals surface area (Å²) >= 11 is 0. The van der Waals surface area contributed by atoms with Gasteiger partial charge in [-0.3, -0.25) is 19.9 Å². The molecule has 0 aliphatic heterocycles. The highest BCUT2D eigenvalue weighted by Crippen LogP contribution is 2.18. The van der Waals surface area contributed by atoms with Crippen molar-refractivity contribution < 1.29 is 9.72 Å². The molecule has 1 aromatic heterocycles.